The summed E-state index contributed by atoms with van der Waals surface area (Å²) in [7, 11) is 0. The minimum atomic E-state index is -0.112. The lowest BCUT2D eigenvalue weighted by Crippen LogP contribution is -2.09. The highest BCUT2D eigenvalue weighted by Gasteiger charge is 2.25. The van der Waals surface area contributed by atoms with Gasteiger partial charge in [0.2, 0.25) is 0 Å². The van der Waals surface area contributed by atoms with Crippen LogP contribution in [-0.2, 0) is 32.2 Å². The van der Waals surface area contributed by atoms with Gasteiger partial charge in [-0.05, 0) is 164 Å². The first-order chi connectivity index (χ1) is 41.6. The number of carbonyl (C=O) groups excluding carboxylic acids is 1. The average Bonchev–Trinajstić information content (AvgIpc) is 4.55. The number of halogens is 4. The van der Waals surface area contributed by atoms with Gasteiger partial charge in [-0.25, -0.2) is 19.9 Å². The van der Waals surface area contributed by atoms with Gasteiger partial charge in [0.05, 0.1) is 59.3 Å². The fourth-order valence-corrected chi connectivity index (χ4v) is 14.7. The number of thiazole rings is 4. The van der Waals surface area contributed by atoms with Crippen LogP contribution >= 0.6 is 109 Å². The number of benzene rings is 5. The SMILES string of the molecule is CC(Br)C(=O)c1ccc(Br)cc1.Cc1sc(CCC2CC2)nc1-c1ccc(Br)cc1.Cc1sc(CCC2CC2)nc1-c1ccc(Br)cc1.Cc1sc(CCC2CC2)nc1-c1ccc(C#N)cc1.Cc1sc(CCC2CC2)nc1-c1ccc(CN)cc1. The van der Waals surface area contributed by atoms with E-state index in [1.807, 2.05) is 101 Å². The summed E-state index contributed by atoms with van der Waals surface area (Å²) >= 11 is 20.9. The first kappa shape index (κ1) is 66.1. The van der Waals surface area contributed by atoms with E-state index < -0.39 is 0 Å². The smallest absolute Gasteiger partial charge is 0.176 e. The normalized spacial score (nSPS) is 14.5. The zero-order chi connectivity index (χ0) is 60.7. The Kier molecular flexibility index (Phi) is 24.9. The van der Waals surface area contributed by atoms with Crippen LogP contribution in [-0.4, -0.2) is 30.5 Å². The van der Waals surface area contributed by atoms with Crippen LogP contribution in [0, 0.1) is 62.7 Å². The predicted molar refractivity (Wildman–Crippen MR) is 378 cm³/mol. The van der Waals surface area contributed by atoms with E-state index >= 15 is 0 Å². The molecule has 0 bridgehead atoms. The average molecular weight is 1480 g/mol. The molecule has 0 saturated heterocycles. The van der Waals surface area contributed by atoms with Gasteiger partial charge in [-0.2, -0.15) is 5.26 Å². The number of Topliss-reactive ketones (excluding diaryl/α,β-unsaturated/α-hetero) is 1. The van der Waals surface area contributed by atoms with Crippen LogP contribution in [0.15, 0.2) is 135 Å². The van der Waals surface area contributed by atoms with Gasteiger partial charge in [0.25, 0.3) is 0 Å². The lowest BCUT2D eigenvalue weighted by atomic mass is 10.1. The Morgan fingerprint density at radius 2 is 0.744 bits per heavy atom. The van der Waals surface area contributed by atoms with Crippen LogP contribution in [0.1, 0.15) is 145 Å². The van der Waals surface area contributed by atoms with Crippen molar-refractivity contribution in [3.05, 3.63) is 191 Å². The summed E-state index contributed by atoms with van der Waals surface area (Å²) in [6.07, 6.45) is 21.3. The topological polar surface area (TPSA) is 118 Å². The molecular formula is C71H76Br4N6OS4. The number of carbonyl (C=O) groups is 1. The predicted octanol–water partition coefficient (Wildman–Crippen LogP) is 22.1. The van der Waals surface area contributed by atoms with Crippen molar-refractivity contribution < 1.29 is 4.79 Å². The highest BCUT2D eigenvalue weighted by atomic mass is 79.9. The van der Waals surface area contributed by atoms with E-state index in [2.05, 4.69) is 170 Å². The minimum Gasteiger partial charge on any atom is -0.326 e. The summed E-state index contributed by atoms with van der Waals surface area (Å²) in [6, 6.07) is 42.5. The van der Waals surface area contributed by atoms with E-state index in [0.29, 0.717) is 12.1 Å². The first-order valence-corrected chi connectivity index (χ1v) is 36.7. The number of aryl methyl sites for hydroxylation is 8. The van der Waals surface area contributed by atoms with E-state index in [0.717, 1.165) is 85.3 Å². The Hall–Kier alpha value is -4.34. The van der Waals surface area contributed by atoms with Gasteiger partial charge in [-0.15, -0.1) is 45.3 Å². The highest BCUT2D eigenvalue weighted by Crippen LogP contribution is 2.39. The molecule has 4 aliphatic carbocycles. The third kappa shape index (κ3) is 20.9. The van der Waals surface area contributed by atoms with Gasteiger partial charge in [0, 0.05) is 67.3 Å². The Morgan fingerprint density at radius 3 is 1.00 bits per heavy atom. The van der Waals surface area contributed by atoms with Crippen molar-refractivity contribution in [1.29, 1.82) is 5.26 Å². The Labute approximate surface area is 559 Å². The molecule has 1 atom stereocenters. The van der Waals surface area contributed by atoms with E-state index in [1.165, 1.54) is 150 Å². The van der Waals surface area contributed by atoms with E-state index in [1.54, 1.807) is 0 Å². The molecule has 2 N–H and O–H groups in total. The molecule has 0 amide bonds. The molecule has 0 spiro atoms. The molecule has 5 aromatic carbocycles. The molecule has 9 aromatic rings. The Morgan fingerprint density at radius 1 is 0.477 bits per heavy atom. The fraction of sp³-hybridized carbons (Fsp3) is 0.380. The molecule has 0 radical (unpaired) electrons. The van der Waals surface area contributed by atoms with E-state index in [4.69, 9.17) is 30.9 Å². The van der Waals surface area contributed by atoms with Crippen molar-refractivity contribution in [2.45, 2.75) is 149 Å². The van der Waals surface area contributed by atoms with Gasteiger partial charge in [0.15, 0.2) is 5.78 Å². The Balaban J connectivity index is 0.000000129. The molecule has 4 aromatic heterocycles. The second-order valence-corrected chi connectivity index (χ2v) is 32.3. The number of nitrogens with two attached hydrogens (primary N) is 1. The zero-order valence-electron chi connectivity index (χ0n) is 49.8. The lowest BCUT2D eigenvalue weighted by Gasteiger charge is -2.01. The van der Waals surface area contributed by atoms with Crippen molar-refractivity contribution in [3.8, 4) is 51.1 Å². The molecular weight excluding hydrogens is 1400 g/mol. The maximum absolute atomic E-state index is 11.4. The van der Waals surface area contributed by atoms with Crippen LogP contribution in [0.3, 0.4) is 0 Å². The van der Waals surface area contributed by atoms with E-state index in [-0.39, 0.29) is 10.6 Å². The number of hydrogen-bond donors (Lipinski definition) is 1. The van der Waals surface area contributed by atoms with Gasteiger partial charge in [-0.3, -0.25) is 4.79 Å². The molecule has 4 saturated carbocycles. The second-order valence-electron chi connectivity index (χ2n) is 23.1. The van der Waals surface area contributed by atoms with Crippen molar-refractivity contribution in [2.24, 2.45) is 29.4 Å². The molecule has 15 heteroatoms. The molecule has 448 valence electrons. The largest absolute Gasteiger partial charge is 0.326 e. The molecule has 0 aliphatic heterocycles. The number of rotatable bonds is 19. The van der Waals surface area contributed by atoms with Crippen LogP contribution in [0.4, 0.5) is 0 Å². The monoisotopic (exact) mass is 1470 g/mol. The number of ketones is 1. The molecule has 86 heavy (non-hydrogen) atoms. The summed E-state index contributed by atoms with van der Waals surface area (Å²) in [6.45, 7) is 11.1. The lowest BCUT2D eigenvalue weighted by molar-refractivity contribution is 0.0995. The van der Waals surface area contributed by atoms with Crippen LogP contribution < -0.4 is 5.73 Å². The number of alkyl halides is 1. The molecule has 4 fully saturated rings. The zero-order valence-corrected chi connectivity index (χ0v) is 59.4. The third-order valence-corrected chi connectivity index (χ3v) is 21.8. The molecule has 7 nitrogen and oxygen atoms in total. The summed E-state index contributed by atoms with van der Waals surface area (Å²) in [5.74, 6) is 4.04. The van der Waals surface area contributed by atoms with E-state index in [9.17, 15) is 4.79 Å². The van der Waals surface area contributed by atoms with Crippen LogP contribution in [0.5, 0.6) is 0 Å². The number of aromatic nitrogens is 4. The van der Waals surface area contributed by atoms with Crippen molar-refractivity contribution in [3.63, 3.8) is 0 Å². The number of nitriles is 1. The quantitative estimate of drug-likeness (QED) is 0.0633. The van der Waals surface area contributed by atoms with Gasteiger partial charge < -0.3 is 5.73 Å². The molecule has 4 heterocycles. The van der Waals surface area contributed by atoms with Crippen LogP contribution in [0.2, 0.25) is 0 Å². The third-order valence-electron chi connectivity index (χ3n) is 15.7. The summed E-state index contributed by atoms with van der Waals surface area (Å²) in [5, 5.41) is 14.0. The maximum atomic E-state index is 11.4. The second kappa shape index (κ2) is 32.4. The number of nitrogens with zero attached hydrogens (tertiary/aromatic N) is 5. The highest BCUT2D eigenvalue weighted by molar-refractivity contribution is 9.11. The summed E-state index contributed by atoms with van der Waals surface area (Å²) in [4.78, 5) is 35.8. The maximum Gasteiger partial charge on any atom is 0.176 e. The molecule has 13 rings (SSSR count). The summed E-state index contributed by atoms with van der Waals surface area (Å²) < 4.78 is 3.22. The van der Waals surface area contributed by atoms with Gasteiger partial charge >= 0.3 is 0 Å². The Bertz CT molecular complexity index is 3540. The minimum absolute atomic E-state index is 0.112. The van der Waals surface area contributed by atoms with Gasteiger partial charge in [0.1, 0.15) is 0 Å². The fourth-order valence-electron chi connectivity index (χ4n) is 9.80. The number of hydrogen-bond acceptors (Lipinski definition) is 11. The molecule has 4 aliphatic rings. The van der Waals surface area contributed by atoms with Crippen LogP contribution in [0.25, 0.3) is 45.0 Å². The van der Waals surface area contributed by atoms with Crippen molar-refractivity contribution in [2.75, 3.05) is 0 Å². The molecule has 1 unspecified atom stereocenters. The van der Waals surface area contributed by atoms with Crippen molar-refractivity contribution in [1.82, 2.24) is 19.9 Å². The van der Waals surface area contributed by atoms with Crippen molar-refractivity contribution >= 4 is 115 Å². The first-order valence-electron chi connectivity index (χ1n) is 30.2. The summed E-state index contributed by atoms with van der Waals surface area (Å²) in [5.41, 5.74) is 17.6. The van der Waals surface area contributed by atoms with Gasteiger partial charge in [-0.1, -0.05) is 188 Å². The standard InChI is InChI=1S/C16H20N2S.C16H16N2S.2C15H16BrNS.C9H8Br2O/c2*1-11-16(14-7-4-13(10-17)5-8-14)18-15(19-11)9-6-12-2-3-12;2*1-10-15(12-5-7-13(16)8-6-12)17-14(18-10)9-4-11-2-3-11;1-6(10)9(12)7-2-4-8(11)5-3-7/h4-5,7-8,12H,2-3,6,9-10,17H2,1H3;4-5,7-8,12H,2-3,6,9H2,1H3;2*5-8,11H,2-4,9H2,1H3;2-6H,1H3.